The van der Waals surface area contributed by atoms with Crippen LogP contribution in [0.15, 0.2) is 48.5 Å². The van der Waals surface area contributed by atoms with Gasteiger partial charge < -0.3 is 15.4 Å². The number of amides is 1. The maximum atomic E-state index is 11.4. The SMILES string of the molecule is CNC(=O)OCc1cccc(Nc2c3cc(C)c(C)cc3nc3cc(C)c(C)cc23)c1. The number of nitrogens with one attached hydrogen (secondary N) is 2. The number of ether oxygens (including phenoxy) is 1. The number of aromatic nitrogens is 1. The van der Waals surface area contributed by atoms with Gasteiger partial charge in [0.2, 0.25) is 0 Å². The van der Waals surface area contributed by atoms with Gasteiger partial charge in [0.15, 0.2) is 0 Å². The van der Waals surface area contributed by atoms with Gasteiger partial charge in [0.25, 0.3) is 0 Å². The van der Waals surface area contributed by atoms with Crippen molar-refractivity contribution in [1.29, 1.82) is 0 Å². The zero-order valence-electron chi connectivity index (χ0n) is 18.6. The van der Waals surface area contributed by atoms with E-state index >= 15 is 0 Å². The van der Waals surface area contributed by atoms with Crippen molar-refractivity contribution in [3.63, 3.8) is 0 Å². The van der Waals surface area contributed by atoms with Crippen molar-refractivity contribution in [3.8, 4) is 0 Å². The molecule has 158 valence electrons. The van der Waals surface area contributed by atoms with Crippen LogP contribution in [0.5, 0.6) is 0 Å². The summed E-state index contributed by atoms with van der Waals surface area (Å²) in [5.74, 6) is 0. The number of aryl methyl sites for hydroxylation is 4. The number of nitrogens with zero attached hydrogens (tertiary/aromatic N) is 1. The van der Waals surface area contributed by atoms with Crippen molar-refractivity contribution < 1.29 is 9.53 Å². The normalized spacial score (nSPS) is 11.0. The van der Waals surface area contributed by atoms with Gasteiger partial charge in [-0.25, -0.2) is 9.78 Å². The molecule has 5 nitrogen and oxygen atoms in total. The van der Waals surface area contributed by atoms with E-state index in [1.54, 1.807) is 7.05 Å². The first-order valence-corrected chi connectivity index (χ1v) is 10.4. The van der Waals surface area contributed by atoms with E-state index in [0.29, 0.717) is 0 Å². The lowest BCUT2D eigenvalue weighted by Gasteiger charge is -2.16. The minimum Gasteiger partial charge on any atom is -0.445 e. The molecule has 0 unspecified atom stereocenters. The molecular formula is C26H27N3O2. The molecule has 0 radical (unpaired) electrons. The smallest absolute Gasteiger partial charge is 0.407 e. The third-order valence-corrected chi connectivity index (χ3v) is 5.77. The van der Waals surface area contributed by atoms with E-state index in [1.165, 1.54) is 22.3 Å². The number of hydrogen-bond acceptors (Lipinski definition) is 4. The second kappa shape index (κ2) is 8.26. The number of carbonyl (C=O) groups is 1. The first-order valence-electron chi connectivity index (χ1n) is 10.4. The van der Waals surface area contributed by atoms with E-state index < -0.39 is 6.09 Å². The van der Waals surface area contributed by atoms with E-state index in [9.17, 15) is 4.79 Å². The Balaban J connectivity index is 1.84. The lowest BCUT2D eigenvalue weighted by Crippen LogP contribution is -2.18. The Kier molecular flexibility index (Phi) is 5.51. The lowest BCUT2D eigenvalue weighted by atomic mass is 9.99. The molecule has 31 heavy (non-hydrogen) atoms. The van der Waals surface area contributed by atoms with Gasteiger partial charge in [-0.15, -0.1) is 0 Å². The molecule has 0 aliphatic rings. The number of hydrogen-bond donors (Lipinski definition) is 2. The molecule has 0 atom stereocenters. The average Bonchev–Trinajstić information content (AvgIpc) is 2.75. The van der Waals surface area contributed by atoms with Crippen molar-refractivity contribution in [1.82, 2.24) is 10.3 Å². The molecule has 2 N–H and O–H groups in total. The predicted molar refractivity (Wildman–Crippen MR) is 127 cm³/mol. The summed E-state index contributed by atoms with van der Waals surface area (Å²) in [6.07, 6.45) is -0.443. The third kappa shape index (κ3) is 4.17. The Hall–Kier alpha value is -3.60. The molecule has 0 spiro atoms. The zero-order valence-corrected chi connectivity index (χ0v) is 18.6. The molecule has 1 heterocycles. The summed E-state index contributed by atoms with van der Waals surface area (Å²) in [6.45, 7) is 8.69. The molecule has 0 bridgehead atoms. The fourth-order valence-corrected chi connectivity index (χ4v) is 3.70. The highest BCUT2D eigenvalue weighted by Gasteiger charge is 2.13. The molecule has 0 saturated carbocycles. The zero-order chi connectivity index (χ0) is 22.1. The lowest BCUT2D eigenvalue weighted by molar-refractivity contribution is 0.142. The standard InChI is InChI=1S/C26H27N3O2/c1-15-9-21-23(11-17(15)3)29-24-12-18(4)16(2)10-22(24)25(21)28-20-8-6-7-19(13-20)14-31-26(30)27-5/h6-13H,14H2,1-5H3,(H,27,30)(H,28,29). The van der Waals surface area contributed by atoms with Crippen LogP contribution < -0.4 is 10.6 Å². The molecule has 0 fully saturated rings. The van der Waals surface area contributed by atoms with Crippen LogP contribution in [0.25, 0.3) is 21.8 Å². The number of benzene rings is 3. The van der Waals surface area contributed by atoms with Crippen molar-refractivity contribution in [2.45, 2.75) is 34.3 Å². The third-order valence-electron chi connectivity index (χ3n) is 5.77. The van der Waals surface area contributed by atoms with Gasteiger partial charge in [-0.3, -0.25) is 0 Å². The van der Waals surface area contributed by atoms with Crippen molar-refractivity contribution in [2.75, 3.05) is 12.4 Å². The van der Waals surface area contributed by atoms with Crippen molar-refractivity contribution in [3.05, 3.63) is 76.3 Å². The van der Waals surface area contributed by atoms with Gasteiger partial charge in [-0.05, 0) is 91.9 Å². The Morgan fingerprint density at radius 1 is 0.871 bits per heavy atom. The average molecular weight is 414 g/mol. The Bertz CT molecular complexity index is 1250. The first kappa shape index (κ1) is 20.7. The highest BCUT2D eigenvalue weighted by Crippen LogP contribution is 2.35. The van der Waals surface area contributed by atoms with E-state index in [1.807, 2.05) is 24.3 Å². The summed E-state index contributed by atoms with van der Waals surface area (Å²) in [6, 6.07) is 16.6. The fraction of sp³-hybridized carbons (Fsp3) is 0.231. The van der Waals surface area contributed by atoms with E-state index in [4.69, 9.17) is 9.72 Å². The molecule has 0 aliphatic heterocycles. The number of carbonyl (C=O) groups excluding carboxylic acids is 1. The maximum Gasteiger partial charge on any atom is 0.407 e. The van der Waals surface area contributed by atoms with Crippen LogP contribution in [-0.2, 0) is 11.3 Å². The molecular weight excluding hydrogens is 386 g/mol. The van der Waals surface area contributed by atoms with Gasteiger partial charge in [0, 0.05) is 23.5 Å². The number of anilines is 2. The van der Waals surface area contributed by atoms with Gasteiger partial charge >= 0.3 is 6.09 Å². The van der Waals surface area contributed by atoms with Crippen LogP contribution in [0, 0.1) is 27.7 Å². The van der Waals surface area contributed by atoms with Gasteiger partial charge in [-0.2, -0.15) is 0 Å². The van der Waals surface area contributed by atoms with Crippen LogP contribution >= 0.6 is 0 Å². The molecule has 5 heteroatoms. The minimum atomic E-state index is -0.443. The number of pyridine rings is 1. The van der Waals surface area contributed by atoms with E-state index in [2.05, 4.69) is 62.6 Å². The Labute approximate surface area is 182 Å². The molecule has 1 amide bonds. The van der Waals surface area contributed by atoms with E-state index in [0.717, 1.165) is 38.7 Å². The Morgan fingerprint density at radius 2 is 1.45 bits per heavy atom. The summed E-state index contributed by atoms with van der Waals surface area (Å²) in [5, 5.41) is 8.27. The van der Waals surface area contributed by atoms with Crippen LogP contribution in [0.4, 0.5) is 16.2 Å². The topological polar surface area (TPSA) is 63.2 Å². The largest absolute Gasteiger partial charge is 0.445 e. The summed E-state index contributed by atoms with van der Waals surface area (Å²) in [5.41, 5.74) is 9.74. The van der Waals surface area contributed by atoms with Crippen LogP contribution in [0.3, 0.4) is 0 Å². The van der Waals surface area contributed by atoms with Crippen LogP contribution in [0.1, 0.15) is 27.8 Å². The molecule has 1 aromatic heterocycles. The van der Waals surface area contributed by atoms with Gasteiger partial charge in [0.05, 0.1) is 16.7 Å². The number of alkyl carbamates (subject to hydrolysis) is 1. The predicted octanol–water partition coefficient (Wildman–Crippen LogP) is 6.22. The van der Waals surface area contributed by atoms with E-state index in [-0.39, 0.29) is 6.61 Å². The number of rotatable bonds is 4. The van der Waals surface area contributed by atoms with Crippen molar-refractivity contribution in [2.24, 2.45) is 0 Å². The van der Waals surface area contributed by atoms with Crippen LogP contribution in [0.2, 0.25) is 0 Å². The van der Waals surface area contributed by atoms with Gasteiger partial charge in [0.1, 0.15) is 6.61 Å². The second-order valence-electron chi connectivity index (χ2n) is 8.05. The maximum absolute atomic E-state index is 11.4. The summed E-state index contributed by atoms with van der Waals surface area (Å²) < 4.78 is 5.19. The minimum absolute atomic E-state index is 0.212. The van der Waals surface area contributed by atoms with Gasteiger partial charge in [-0.1, -0.05) is 12.1 Å². The van der Waals surface area contributed by atoms with Crippen LogP contribution in [-0.4, -0.2) is 18.1 Å². The summed E-state index contributed by atoms with van der Waals surface area (Å²) >= 11 is 0. The first-order chi connectivity index (χ1) is 14.9. The monoisotopic (exact) mass is 413 g/mol. The molecule has 4 aromatic rings. The fourth-order valence-electron chi connectivity index (χ4n) is 3.70. The highest BCUT2D eigenvalue weighted by atomic mass is 16.5. The highest BCUT2D eigenvalue weighted by molar-refractivity contribution is 6.09. The second-order valence-corrected chi connectivity index (χ2v) is 8.05. The summed E-state index contributed by atoms with van der Waals surface area (Å²) in [7, 11) is 1.55. The summed E-state index contributed by atoms with van der Waals surface area (Å²) in [4.78, 5) is 16.4. The molecule has 0 aliphatic carbocycles. The molecule has 4 rings (SSSR count). The number of fused-ring (bicyclic) bond motifs is 2. The molecule has 3 aromatic carbocycles. The van der Waals surface area contributed by atoms with Crippen molar-refractivity contribution >= 4 is 39.3 Å². The quantitative estimate of drug-likeness (QED) is 0.390. The molecule has 0 saturated heterocycles. The Morgan fingerprint density at radius 3 is 2.03 bits per heavy atom.